The van der Waals surface area contributed by atoms with E-state index in [-0.39, 0.29) is 0 Å². The molecule has 2 aromatic rings. The Hall–Kier alpha value is -1.03. The van der Waals surface area contributed by atoms with Crippen LogP contribution in [-0.2, 0) is 13.1 Å². The van der Waals surface area contributed by atoms with E-state index in [1.165, 1.54) is 10.4 Å². The maximum absolute atomic E-state index is 6.46. The van der Waals surface area contributed by atoms with Crippen LogP contribution in [0, 0.1) is 0 Å². The van der Waals surface area contributed by atoms with Crippen molar-refractivity contribution in [3.8, 4) is 0 Å². The summed E-state index contributed by atoms with van der Waals surface area (Å²) in [4.78, 5) is 3.67. The highest BCUT2D eigenvalue weighted by atomic mass is 35.5. The highest BCUT2D eigenvalue weighted by Crippen LogP contribution is 2.28. The van der Waals surface area contributed by atoms with Gasteiger partial charge in [0, 0.05) is 18.0 Å². The Labute approximate surface area is 130 Å². The van der Waals surface area contributed by atoms with Crippen molar-refractivity contribution in [3.63, 3.8) is 0 Å². The minimum Gasteiger partial charge on any atom is -0.365 e. The van der Waals surface area contributed by atoms with Gasteiger partial charge in [-0.05, 0) is 42.6 Å². The Morgan fingerprint density at radius 3 is 2.70 bits per heavy atom. The monoisotopic (exact) mass is 308 g/mol. The third-order valence-electron chi connectivity index (χ3n) is 3.24. The van der Waals surface area contributed by atoms with Crippen LogP contribution in [0.1, 0.15) is 24.3 Å². The summed E-state index contributed by atoms with van der Waals surface area (Å²) in [5.41, 5.74) is 2.34. The van der Waals surface area contributed by atoms with Crippen molar-refractivity contribution < 1.29 is 0 Å². The van der Waals surface area contributed by atoms with Crippen LogP contribution in [-0.4, -0.2) is 13.1 Å². The number of halogens is 1. The summed E-state index contributed by atoms with van der Waals surface area (Å²) in [7, 11) is 0. The summed E-state index contributed by atoms with van der Waals surface area (Å²) in [6.45, 7) is 7.98. The normalized spacial score (nSPS) is 10.8. The van der Waals surface area contributed by atoms with Crippen molar-refractivity contribution in [2.24, 2.45) is 0 Å². The van der Waals surface area contributed by atoms with Crippen molar-refractivity contribution in [1.29, 1.82) is 0 Å². The summed E-state index contributed by atoms with van der Waals surface area (Å²) in [5.74, 6) is 0. The molecule has 0 radical (unpaired) electrons. The van der Waals surface area contributed by atoms with Crippen LogP contribution in [0.15, 0.2) is 35.7 Å². The lowest BCUT2D eigenvalue weighted by Crippen LogP contribution is -2.22. The fraction of sp³-hybridized carbons (Fsp3) is 0.375. The molecule has 0 saturated heterocycles. The average Bonchev–Trinajstić information content (AvgIpc) is 2.96. The highest BCUT2D eigenvalue weighted by molar-refractivity contribution is 7.09. The Morgan fingerprint density at radius 1 is 1.25 bits per heavy atom. The summed E-state index contributed by atoms with van der Waals surface area (Å²) >= 11 is 8.24. The molecule has 0 aliphatic carbocycles. The number of benzene rings is 1. The number of anilines is 1. The van der Waals surface area contributed by atoms with Gasteiger partial charge in [-0.15, -0.1) is 11.3 Å². The zero-order valence-electron chi connectivity index (χ0n) is 12.0. The van der Waals surface area contributed by atoms with E-state index in [0.717, 1.165) is 36.9 Å². The van der Waals surface area contributed by atoms with E-state index in [0.29, 0.717) is 0 Å². The topological polar surface area (TPSA) is 15.3 Å². The van der Waals surface area contributed by atoms with Crippen LogP contribution >= 0.6 is 22.9 Å². The molecule has 2 nitrogen and oxygen atoms in total. The quantitative estimate of drug-likeness (QED) is 0.808. The fourth-order valence-electron chi connectivity index (χ4n) is 2.14. The van der Waals surface area contributed by atoms with Crippen molar-refractivity contribution in [2.75, 3.05) is 18.0 Å². The second kappa shape index (κ2) is 7.67. The molecule has 4 heteroatoms. The standard InChI is InChI=1S/C16H21ClN2S/c1-3-18-11-13-7-8-16(15(17)10-13)19(4-2)12-14-6-5-9-20-14/h5-10,18H,3-4,11-12H2,1-2H3. The Bertz CT molecular complexity index is 525. The highest BCUT2D eigenvalue weighted by Gasteiger charge is 2.10. The van der Waals surface area contributed by atoms with Gasteiger partial charge in [0.05, 0.1) is 17.3 Å². The first-order valence-electron chi connectivity index (χ1n) is 7.01. The van der Waals surface area contributed by atoms with Crippen LogP contribution < -0.4 is 10.2 Å². The first-order valence-corrected chi connectivity index (χ1v) is 8.26. The number of nitrogens with zero attached hydrogens (tertiary/aromatic N) is 1. The van der Waals surface area contributed by atoms with Gasteiger partial charge in [0.15, 0.2) is 0 Å². The van der Waals surface area contributed by atoms with E-state index < -0.39 is 0 Å². The van der Waals surface area contributed by atoms with Gasteiger partial charge in [-0.3, -0.25) is 0 Å². The molecule has 2 rings (SSSR count). The van der Waals surface area contributed by atoms with Crippen LogP contribution in [0.25, 0.3) is 0 Å². The molecule has 0 aliphatic rings. The minimum absolute atomic E-state index is 0.832. The maximum atomic E-state index is 6.46. The molecule has 1 heterocycles. The van der Waals surface area contributed by atoms with Crippen LogP contribution in [0.2, 0.25) is 5.02 Å². The molecule has 0 amide bonds. The largest absolute Gasteiger partial charge is 0.365 e. The molecule has 0 spiro atoms. The zero-order valence-corrected chi connectivity index (χ0v) is 13.6. The molecule has 0 aliphatic heterocycles. The van der Waals surface area contributed by atoms with E-state index in [2.05, 4.69) is 59.8 Å². The fourth-order valence-corrected chi connectivity index (χ4v) is 3.19. The van der Waals surface area contributed by atoms with E-state index in [1.54, 1.807) is 11.3 Å². The Kier molecular flexibility index (Phi) is 5.89. The summed E-state index contributed by atoms with van der Waals surface area (Å²) in [6.07, 6.45) is 0. The van der Waals surface area contributed by atoms with Crippen molar-refractivity contribution in [3.05, 3.63) is 51.2 Å². The van der Waals surface area contributed by atoms with Gasteiger partial charge in [-0.2, -0.15) is 0 Å². The summed E-state index contributed by atoms with van der Waals surface area (Å²) in [5, 5.41) is 6.27. The lowest BCUT2D eigenvalue weighted by molar-refractivity contribution is 0.726. The second-order valence-electron chi connectivity index (χ2n) is 4.66. The van der Waals surface area contributed by atoms with Gasteiger partial charge in [-0.25, -0.2) is 0 Å². The van der Waals surface area contributed by atoms with Gasteiger partial charge in [0.2, 0.25) is 0 Å². The van der Waals surface area contributed by atoms with Crippen LogP contribution in [0.4, 0.5) is 5.69 Å². The summed E-state index contributed by atoms with van der Waals surface area (Å²) in [6, 6.07) is 10.6. The third-order valence-corrected chi connectivity index (χ3v) is 4.40. The number of hydrogen-bond acceptors (Lipinski definition) is 3. The smallest absolute Gasteiger partial charge is 0.0642 e. The van der Waals surface area contributed by atoms with Crippen molar-refractivity contribution in [1.82, 2.24) is 5.32 Å². The lowest BCUT2D eigenvalue weighted by atomic mass is 10.2. The molecule has 1 aromatic carbocycles. The summed E-state index contributed by atoms with van der Waals surface area (Å²) < 4.78 is 0. The third kappa shape index (κ3) is 3.98. The molecule has 1 N–H and O–H groups in total. The molecule has 1 aromatic heterocycles. The number of rotatable bonds is 7. The van der Waals surface area contributed by atoms with E-state index >= 15 is 0 Å². The molecule has 20 heavy (non-hydrogen) atoms. The predicted molar refractivity (Wildman–Crippen MR) is 89.9 cm³/mol. The molecule has 0 atom stereocenters. The molecule has 0 saturated carbocycles. The van der Waals surface area contributed by atoms with E-state index in [1.807, 2.05) is 0 Å². The van der Waals surface area contributed by atoms with Crippen LogP contribution in [0.3, 0.4) is 0 Å². The van der Waals surface area contributed by atoms with Crippen molar-refractivity contribution >= 4 is 28.6 Å². The van der Waals surface area contributed by atoms with Crippen molar-refractivity contribution in [2.45, 2.75) is 26.9 Å². The number of nitrogens with one attached hydrogen (secondary N) is 1. The second-order valence-corrected chi connectivity index (χ2v) is 6.10. The minimum atomic E-state index is 0.832. The van der Waals surface area contributed by atoms with E-state index in [9.17, 15) is 0 Å². The van der Waals surface area contributed by atoms with E-state index in [4.69, 9.17) is 11.6 Å². The number of hydrogen-bond donors (Lipinski definition) is 1. The van der Waals surface area contributed by atoms with Gasteiger partial charge in [-0.1, -0.05) is 30.7 Å². The predicted octanol–water partition coefficient (Wildman–Crippen LogP) is 4.54. The van der Waals surface area contributed by atoms with Gasteiger partial charge in [0.1, 0.15) is 0 Å². The van der Waals surface area contributed by atoms with Crippen LogP contribution in [0.5, 0.6) is 0 Å². The number of thiophene rings is 1. The SMILES string of the molecule is CCNCc1ccc(N(CC)Cc2cccs2)c(Cl)c1. The lowest BCUT2D eigenvalue weighted by Gasteiger charge is -2.24. The molecular formula is C16H21ClN2S. The first-order chi connectivity index (χ1) is 9.74. The van der Waals surface area contributed by atoms with Gasteiger partial charge in [0.25, 0.3) is 0 Å². The van der Waals surface area contributed by atoms with Gasteiger partial charge >= 0.3 is 0 Å². The molecule has 108 valence electrons. The zero-order chi connectivity index (χ0) is 14.4. The van der Waals surface area contributed by atoms with Gasteiger partial charge < -0.3 is 10.2 Å². The maximum Gasteiger partial charge on any atom is 0.0642 e. The Morgan fingerprint density at radius 2 is 2.10 bits per heavy atom. The molecular weight excluding hydrogens is 288 g/mol. The first kappa shape index (κ1) is 15.4. The Balaban J connectivity index is 2.13. The average molecular weight is 309 g/mol. The molecule has 0 bridgehead atoms. The molecule has 0 unspecified atom stereocenters. The molecule has 0 fully saturated rings.